The number of carbonyl (C=O) groups excluding carboxylic acids is 10. The first kappa shape index (κ1) is 61.1. The number of fused-ring (bicyclic) bond motifs is 1. The minimum atomic E-state index is -1.74. The molecule has 2 fully saturated rings. The average Bonchev–Trinajstić information content (AvgIpc) is 4.35. The lowest BCUT2D eigenvalue weighted by molar-refractivity contribution is -0.141. The Bertz CT molecular complexity index is 2910. The van der Waals surface area contributed by atoms with Gasteiger partial charge in [-0.15, -0.1) is 0 Å². The van der Waals surface area contributed by atoms with Crippen molar-refractivity contribution in [1.29, 1.82) is 0 Å². The highest BCUT2D eigenvalue weighted by atomic mass is 16.3. The number of para-hydroxylation sites is 1. The molecule has 28 nitrogen and oxygen atoms in total. The summed E-state index contributed by atoms with van der Waals surface area (Å²) in [4.78, 5) is 151. The second-order valence-corrected chi connectivity index (χ2v) is 20.4. The molecular weight excluding hydrogens is 1050 g/mol. The number of guanidine groups is 1. The summed E-state index contributed by atoms with van der Waals surface area (Å²) in [6.45, 7) is 2.25. The van der Waals surface area contributed by atoms with Crippen molar-refractivity contribution in [2.24, 2.45) is 28.1 Å². The van der Waals surface area contributed by atoms with E-state index in [9.17, 15) is 58.2 Å². The van der Waals surface area contributed by atoms with Crippen LogP contribution in [0.2, 0.25) is 0 Å². The summed E-state index contributed by atoms with van der Waals surface area (Å²) in [5.74, 6) is -7.92. The number of phenols is 1. The van der Waals surface area contributed by atoms with E-state index in [1.165, 1.54) is 41.7 Å². The number of nitrogens with one attached hydrogen (secondary N) is 10. The summed E-state index contributed by atoms with van der Waals surface area (Å²) in [5.41, 5.74) is 18.7. The van der Waals surface area contributed by atoms with Gasteiger partial charge in [-0.05, 0) is 73.8 Å². The number of amides is 10. The van der Waals surface area contributed by atoms with Gasteiger partial charge in [-0.3, -0.25) is 52.9 Å². The number of aromatic nitrogens is 3. The molecule has 2 aliphatic rings. The second kappa shape index (κ2) is 29.2. The zero-order chi connectivity index (χ0) is 58.8. The summed E-state index contributed by atoms with van der Waals surface area (Å²) < 4.78 is 0. The maximum Gasteiger partial charge on any atom is 0.245 e. The molecule has 8 atom stereocenters. The lowest BCUT2D eigenvalue weighted by Gasteiger charge is -2.29. The fourth-order valence-electron chi connectivity index (χ4n) is 9.52. The van der Waals surface area contributed by atoms with E-state index in [0.29, 0.717) is 35.0 Å². The molecule has 2 aromatic carbocycles. The number of primary amides is 1. The van der Waals surface area contributed by atoms with Gasteiger partial charge in [0.05, 0.1) is 19.5 Å². The third kappa shape index (κ3) is 18.0. The molecule has 436 valence electrons. The standard InChI is InChI=1S/C53H72N16O12/c1-28(2)19-37(48(77)64-36(9-5-17-58-53(55)56)52(81)69-18-6-10-42(69)45(54)74)63-44(73)25-60-46(75)38(20-29-11-13-32(71)14-12-29)65-51(80)41(26-70)68-49(78)39(21-30-23-59-34-8-4-3-7-33(30)34)66-50(79)40(22-31-24-57-27-61-31)67-47(76)35-15-16-43(72)62-35/h3-4,7-8,11-14,23-24,27-28,35-42,59,70-71H,5-6,9-10,15-22,25-26H2,1-2H3,(H2,54,74)(H,57,61)(H,60,75)(H,62,72)(H,63,73)(H,64,77)(H,65,80)(H,66,79)(H,67,76)(H,68,78)(H4,55,56,58)/t35-,36-,37-,38-,39-,40-,41-,42-/m0/s1. The van der Waals surface area contributed by atoms with Gasteiger partial charge >= 0.3 is 0 Å². The smallest absolute Gasteiger partial charge is 0.245 e. The van der Waals surface area contributed by atoms with Gasteiger partial charge in [0.1, 0.15) is 54.1 Å². The van der Waals surface area contributed by atoms with Crippen LogP contribution in [0.15, 0.2) is 72.2 Å². The minimum absolute atomic E-state index is 0.0670. The monoisotopic (exact) mass is 1120 g/mol. The van der Waals surface area contributed by atoms with Crippen LogP contribution in [0.3, 0.4) is 0 Å². The molecule has 6 rings (SSSR count). The molecule has 28 heteroatoms. The van der Waals surface area contributed by atoms with Crippen LogP contribution in [0.1, 0.15) is 75.6 Å². The summed E-state index contributed by atoms with van der Waals surface area (Å²) in [6, 6.07) is 2.69. The number of imidazole rings is 1. The summed E-state index contributed by atoms with van der Waals surface area (Å²) in [5, 5.41) is 42.0. The van der Waals surface area contributed by atoms with Crippen LogP contribution in [0.4, 0.5) is 0 Å². The highest BCUT2D eigenvalue weighted by Gasteiger charge is 2.39. The highest BCUT2D eigenvalue weighted by Crippen LogP contribution is 2.22. The van der Waals surface area contributed by atoms with Gasteiger partial charge in [0.15, 0.2) is 5.96 Å². The second-order valence-electron chi connectivity index (χ2n) is 20.4. The Kier molecular flexibility index (Phi) is 22.1. The number of aliphatic hydroxyl groups is 1. The Labute approximate surface area is 465 Å². The largest absolute Gasteiger partial charge is 0.508 e. The van der Waals surface area contributed by atoms with Crippen molar-refractivity contribution < 1.29 is 58.2 Å². The van der Waals surface area contributed by atoms with E-state index in [1.54, 1.807) is 44.3 Å². The van der Waals surface area contributed by atoms with E-state index in [2.05, 4.69) is 62.5 Å². The normalized spacial score (nSPS) is 17.1. The average molecular weight is 1130 g/mol. The van der Waals surface area contributed by atoms with Crippen LogP contribution in [-0.2, 0) is 67.2 Å². The number of phenolic OH excluding ortho intramolecular Hbond substituents is 1. The topological polar surface area (TPSA) is 446 Å². The highest BCUT2D eigenvalue weighted by molar-refractivity contribution is 5.99. The lowest BCUT2D eigenvalue weighted by Crippen LogP contribution is -2.60. The number of likely N-dealkylation sites (tertiary alicyclic amines) is 1. The van der Waals surface area contributed by atoms with Crippen molar-refractivity contribution in [2.75, 3.05) is 26.2 Å². The number of nitrogens with zero attached hydrogens (tertiary/aromatic N) is 3. The number of hydrogen-bond donors (Lipinski definition) is 15. The molecule has 0 aliphatic carbocycles. The number of carbonyl (C=O) groups is 10. The summed E-state index contributed by atoms with van der Waals surface area (Å²) in [6.07, 6.45) is 5.58. The number of nitrogens with two attached hydrogens (primary N) is 3. The maximum atomic E-state index is 14.4. The Morgan fingerprint density at radius 1 is 0.765 bits per heavy atom. The van der Waals surface area contributed by atoms with E-state index >= 15 is 0 Å². The van der Waals surface area contributed by atoms with Crippen molar-refractivity contribution >= 4 is 75.9 Å². The van der Waals surface area contributed by atoms with Crippen LogP contribution >= 0.6 is 0 Å². The molecule has 81 heavy (non-hydrogen) atoms. The van der Waals surface area contributed by atoms with Crippen molar-refractivity contribution in [3.8, 4) is 5.75 Å². The zero-order valence-corrected chi connectivity index (χ0v) is 45.0. The minimum Gasteiger partial charge on any atom is -0.508 e. The molecule has 2 aromatic heterocycles. The van der Waals surface area contributed by atoms with E-state index in [0.717, 1.165) is 5.52 Å². The number of hydrogen-bond acceptors (Lipinski definition) is 14. The molecule has 0 bridgehead atoms. The number of H-pyrrole nitrogens is 2. The van der Waals surface area contributed by atoms with Gasteiger partial charge in [-0.25, -0.2) is 4.98 Å². The van der Waals surface area contributed by atoms with Crippen LogP contribution in [0, 0.1) is 5.92 Å². The first-order valence-corrected chi connectivity index (χ1v) is 26.6. The van der Waals surface area contributed by atoms with E-state index < -0.39 is 115 Å². The predicted octanol–water partition coefficient (Wildman–Crippen LogP) is -3.50. The van der Waals surface area contributed by atoms with E-state index in [1.807, 2.05) is 0 Å². The van der Waals surface area contributed by atoms with Gasteiger partial charge in [-0.2, -0.15) is 0 Å². The van der Waals surface area contributed by atoms with Gasteiger partial charge < -0.3 is 84.8 Å². The van der Waals surface area contributed by atoms with Gasteiger partial charge in [0.2, 0.25) is 59.1 Å². The van der Waals surface area contributed by atoms with Crippen LogP contribution in [-0.4, -0.2) is 170 Å². The lowest BCUT2D eigenvalue weighted by atomic mass is 10.0. The molecule has 2 saturated heterocycles. The third-order valence-electron chi connectivity index (χ3n) is 13.7. The number of benzene rings is 2. The third-order valence-corrected chi connectivity index (χ3v) is 13.7. The SMILES string of the molecule is CC(C)C[C@H](NC(=O)CNC(=O)[C@H](Cc1ccc(O)cc1)NC(=O)[C@H](CO)NC(=O)[C@H](Cc1c[nH]c2ccccc12)NC(=O)[C@H](Cc1cnc[nH]1)NC(=O)[C@@H]1CCC(=O)N1)C(=O)N[C@@H](CCCN=C(N)N)C(=O)N1CCC[C@H]1C(N)=O. The molecule has 4 heterocycles. The van der Waals surface area contributed by atoms with Crippen LogP contribution in [0.25, 0.3) is 10.9 Å². The van der Waals surface area contributed by atoms with Crippen molar-refractivity contribution in [3.05, 3.63) is 84.1 Å². The summed E-state index contributed by atoms with van der Waals surface area (Å²) >= 11 is 0. The Morgan fingerprint density at radius 3 is 2.06 bits per heavy atom. The fraction of sp³-hybridized carbons (Fsp3) is 0.472. The maximum absolute atomic E-state index is 14.4. The van der Waals surface area contributed by atoms with E-state index in [-0.39, 0.29) is 88.0 Å². The van der Waals surface area contributed by atoms with Gasteiger partial charge in [0, 0.05) is 67.8 Å². The Morgan fingerprint density at radius 2 is 1.42 bits per heavy atom. The molecule has 18 N–H and O–H groups in total. The molecule has 10 amide bonds. The quantitative estimate of drug-likeness (QED) is 0.0143. The number of aromatic hydroxyl groups is 1. The van der Waals surface area contributed by atoms with E-state index in [4.69, 9.17) is 17.2 Å². The molecule has 0 spiro atoms. The van der Waals surface area contributed by atoms with Gasteiger partial charge in [-0.1, -0.05) is 44.2 Å². The van der Waals surface area contributed by atoms with Crippen molar-refractivity contribution in [3.63, 3.8) is 0 Å². The predicted molar refractivity (Wildman–Crippen MR) is 292 cm³/mol. The summed E-state index contributed by atoms with van der Waals surface area (Å²) in [7, 11) is 0. The van der Waals surface area contributed by atoms with Gasteiger partial charge in [0.25, 0.3) is 0 Å². The Hall–Kier alpha value is -9.08. The van der Waals surface area contributed by atoms with Crippen molar-refractivity contribution in [1.82, 2.24) is 62.4 Å². The first-order chi connectivity index (χ1) is 38.7. The van der Waals surface area contributed by atoms with Crippen LogP contribution in [0.5, 0.6) is 5.75 Å². The molecular formula is C53H72N16O12. The fourth-order valence-corrected chi connectivity index (χ4v) is 9.52. The molecule has 0 radical (unpaired) electrons. The Balaban J connectivity index is 1.16. The van der Waals surface area contributed by atoms with Crippen LogP contribution < -0.4 is 59.7 Å². The molecule has 4 aromatic rings. The molecule has 0 saturated carbocycles. The number of aliphatic hydroxyl groups excluding tert-OH is 1. The zero-order valence-electron chi connectivity index (χ0n) is 45.0. The molecule has 0 unspecified atom stereocenters. The number of rotatable bonds is 29. The molecule has 2 aliphatic heterocycles. The van der Waals surface area contributed by atoms with Crippen molar-refractivity contribution in [2.45, 2.75) is 126 Å². The number of aromatic amines is 2. The number of aliphatic imine (C=N–C) groups is 1. The first-order valence-electron chi connectivity index (χ1n) is 26.6.